The Labute approximate surface area is 157 Å². The summed E-state index contributed by atoms with van der Waals surface area (Å²) in [6, 6.07) is 18.2. The number of anilines is 1. The van der Waals surface area contributed by atoms with E-state index in [-0.39, 0.29) is 11.7 Å². The highest BCUT2D eigenvalue weighted by Gasteiger charge is 2.25. The summed E-state index contributed by atoms with van der Waals surface area (Å²) in [6.07, 6.45) is 0. The monoisotopic (exact) mass is 364 g/mol. The van der Waals surface area contributed by atoms with Gasteiger partial charge in [-0.15, -0.1) is 0 Å². The molecular formula is C21H21FN4O. The molecular weight excluding hydrogens is 343 g/mol. The number of hydrogen-bond acceptors (Lipinski definition) is 3. The van der Waals surface area contributed by atoms with Gasteiger partial charge in [-0.25, -0.2) is 4.39 Å². The lowest BCUT2D eigenvalue weighted by Gasteiger charge is -2.36. The molecule has 27 heavy (non-hydrogen) atoms. The molecule has 1 aromatic heterocycles. The van der Waals surface area contributed by atoms with Gasteiger partial charge in [0.1, 0.15) is 11.5 Å². The molecule has 1 saturated heterocycles. The van der Waals surface area contributed by atoms with Gasteiger partial charge in [-0.3, -0.25) is 9.48 Å². The van der Waals surface area contributed by atoms with Gasteiger partial charge in [0, 0.05) is 44.5 Å². The van der Waals surface area contributed by atoms with E-state index in [2.05, 4.69) is 10.00 Å². The van der Waals surface area contributed by atoms with Gasteiger partial charge in [0.2, 0.25) is 0 Å². The lowest BCUT2D eigenvalue weighted by molar-refractivity contribution is 0.0735. The molecule has 1 aliphatic rings. The zero-order valence-corrected chi connectivity index (χ0v) is 15.2. The van der Waals surface area contributed by atoms with Crippen LogP contribution in [0.25, 0.3) is 11.3 Å². The molecule has 2 aromatic carbocycles. The number of carbonyl (C=O) groups excluding carboxylic acids is 1. The van der Waals surface area contributed by atoms with Crippen LogP contribution in [0.1, 0.15) is 10.5 Å². The zero-order chi connectivity index (χ0) is 18.8. The van der Waals surface area contributed by atoms with Crippen LogP contribution in [0.2, 0.25) is 0 Å². The molecule has 0 N–H and O–H groups in total. The summed E-state index contributed by atoms with van der Waals surface area (Å²) in [7, 11) is 1.80. The fourth-order valence-electron chi connectivity index (χ4n) is 3.40. The van der Waals surface area contributed by atoms with Crippen LogP contribution < -0.4 is 4.90 Å². The number of carbonyl (C=O) groups is 1. The van der Waals surface area contributed by atoms with Crippen molar-refractivity contribution in [1.29, 1.82) is 0 Å². The van der Waals surface area contributed by atoms with Crippen molar-refractivity contribution in [3.05, 3.63) is 72.2 Å². The van der Waals surface area contributed by atoms with Crippen molar-refractivity contribution in [2.75, 3.05) is 31.1 Å². The molecule has 2 heterocycles. The van der Waals surface area contributed by atoms with Gasteiger partial charge >= 0.3 is 0 Å². The number of aryl methyl sites for hydroxylation is 1. The van der Waals surface area contributed by atoms with E-state index >= 15 is 0 Å². The minimum Gasteiger partial charge on any atom is -0.368 e. The second-order valence-corrected chi connectivity index (χ2v) is 6.66. The highest BCUT2D eigenvalue weighted by atomic mass is 19.1. The van der Waals surface area contributed by atoms with Crippen LogP contribution >= 0.6 is 0 Å². The van der Waals surface area contributed by atoms with Crippen molar-refractivity contribution in [1.82, 2.24) is 14.7 Å². The van der Waals surface area contributed by atoms with Crippen LogP contribution in [0, 0.1) is 5.82 Å². The van der Waals surface area contributed by atoms with E-state index in [0.717, 1.165) is 30.0 Å². The molecule has 5 nitrogen and oxygen atoms in total. The molecule has 138 valence electrons. The van der Waals surface area contributed by atoms with Crippen molar-refractivity contribution >= 4 is 11.6 Å². The largest absolute Gasteiger partial charge is 0.368 e. The summed E-state index contributed by atoms with van der Waals surface area (Å²) in [5.41, 5.74) is 3.36. The third-order valence-corrected chi connectivity index (χ3v) is 4.93. The van der Waals surface area contributed by atoms with Crippen molar-refractivity contribution in [3.63, 3.8) is 0 Å². The molecule has 0 bridgehead atoms. The molecule has 6 heteroatoms. The summed E-state index contributed by atoms with van der Waals surface area (Å²) >= 11 is 0. The molecule has 0 radical (unpaired) electrons. The van der Waals surface area contributed by atoms with Gasteiger partial charge in [0.25, 0.3) is 5.91 Å². The van der Waals surface area contributed by atoms with Gasteiger partial charge in [0.15, 0.2) is 0 Å². The second kappa shape index (κ2) is 7.23. The summed E-state index contributed by atoms with van der Waals surface area (Å²) in [5.74, 6) is -0.246. The van der Waals surface area contributed by atoms with Gasteiger partial charge in [-0.05, 0) is 30.3 Å². The maximum absolute atomic E-state index is 13.1. The van der Waals surface area contributed by atoms with Crippen LogP contribution in [0.3, 0.4) is 0 Å². The number of amides is 1. The maximum Gasteiger partial charge on any atom is 0.272 e. The lowest BCUT2D eigenvalue weighted by atomic mass is 10.1. The van der Waals surface area contributed by atoms with Crippen molar-refractivity contribution in [2.45, 2.75) is 0 Å². The molecule has 0 unspecified atom stereocenters. The standard InChI is InChI=1S/C21H21FN4O/c1-24-20(15-19(23-24)16-5-3-2-4-6-16)21(27)26-13-11-25(12-14-26)18-9-7-17(22)8-10-18/h2-10,15H,11-14H2,1H3. The van der Waals surface area contributed by atoms with Gasteiger partial charge < -0.3 is 9.80 Å². The minimum absolute atomic E-state index is 0.00839. The van der Waals surface area contributed by atoms with E-state index in [1.807, 2.05) is 41.3 Å². The third-order valence-electron chi connectivity index (χ3n) is 4.93. The Morgan fingerprint density at radius 3 is 2.30 bits per heavy atom. The Balaban J connectivity index is 1.45. The fraction of sp³-hybridized carbons (Fsp3) is 0.238. The van der Waals surface area contributed by atoms with Crippen molar-refractivity contribution in [3.8, 4) is 11.3 Å². The topological polar surface area (TPSA) is 41.4 Å². The predicted octanol–water partition coefficient (Wildman–Crippen LogP) is 3.19. The van der Waals surface area contributed by atoms with Crippen molar-refractivity contribution < 1.29 is 9.18 Å². The van der Waals surface area contributed by atoms with Gasteiger partial charge in [0.05, 0.1) is 5.69 Å². The molecule has 3 aromatic rings. The summed E-state index contributed by atoms with van der Waals surface area (Å²) in [5, 5.41) is 4.49. The first kappa shape index (κ1) is 17.3. The zero-order valence-electron chi connectivity index (χ0n) is 15.2. The Kier molecular flexibility index (Phi) is 4.62. The van der Waals surface area contributed by atoms with Crippen LogP contribution in [0.5, 0.6) is 0 Å². The van der Waals surface area contributed by atoms with E-state index in [9.17, 15) is 9.18 Å². The lowest BCUT2D eigenvalue weighted by Crippen LogP contribution is -2.49. The average molecular weight is 364 g/mol. The maximum atomic E-state index is 13.1. The van der Waals surface area contributed by atoms with Crippen molar-refractivity contribution in [2.24, 2.45) is 7.05 Å². The fourth-order valence-corrected chi connectivity index (χ4v) is 3.40. The number of aromatic nitrogens is 2. The molecule has 0 atom stereocenters. The van der Waals surface area contributed by atoms with Gasteiger partial charge in [-0.2, -0.15) is 5.10 Å². The number of nitrogens with zero attached hydrogens (tertiary/aromatic N) is 4. The number of hydrogen-bond donors (Lipinski definition) is 0. The third kappa shape index (κ3) is 3.56. The molecule has 1 amide bonds. The Morgan fingerprint density at radius 2 is 1.63 bits per heavy atom. The quantitative estimate of drug-likeness (QED) is 0.717. The molecule has 4 rings (SSSR count). The minimum atomic E-state index is -0.238. The van der Waals surface area contributed by atoms with E-state index < -0.39 is 0 Å². The van der Waals surface area contributed by atoms with E-state index in [1.165, 1.54) is 12.1 Å². The Bertz CT molecular complexity index is 929. The first-order chi connectivity index (χ1) is 13.1. The highest BCUT2D eigenvalue weighted by molar-refractivity contribution is 5.94. The smallest absolute Gasteiger partial charge is 0.272 e. The molecule has 0 aliphatic carbocycles. The molecule has 1 fully saturated rings. The van der Waals surface area contributed by atoms with E-state index in [1.54, 1.807) is 23.9 Å². The summed E-state index contributed by atoms with van der Waals surface area (Å²) in [6.45, 7) is 2.70. The normalized spacial score (nSPS) is 14.4. The van der Waals surface area contributed by atoms with Crippen LogP contribution in [0.4, 0.5) is 10.1 Å². The Hall–Kier alpha value is -3.15. The van der Waals surface area contributed by atoms with E-state index in [0.29, 0.717) is 18.8 Å². The van der Waals surface area contributed by atoms with Crippen LogP contribution in [-0.4, -0.2) is 46.8 Å². The molecule has 1 aliphatic heterocycles. The summed E-state index contributed by atoms with van der Waals surface area (Å²) < 4.78 is 14.7. The number of piperazine rings is 1. The first-order valence-electron chi connectivity index (χ1n) is 9.01. The molecule has 0 saturated carbocycles. The van der Waals surface area contributed by atoms with E-state index in [4.69, 9.17) is 0 Å². The van der Waals surface area contributed by atoms with Crippen LogP contribution in [0.15, 0.2) is 60.7 Å². The van der Waals surface area contributed by atoms with Gasteiger partial charge in [-0.1, -0.05) is 30.3 Å². The van der Waals surface area contributed by atoms with Crippen LogP contribution in [-0.2, 0) is 7.05 Å². The SMILES string of the molecule is Cn1nc(-c2ccccc2)cc1C(=O)N1CCN(c2ccc(F)cc2)CC1. The first-order valence-corrected chi connectivity index (χ1v) is 9.01. The number of benzene rings is 2. The predicted molar refractivity (Wildman–Crippen MR) is 103 cm³/mol. The second-order valence-electron chi connectivity index (χ2n) is 6.66. The Morgan fingerprint density at radius 1 is 0.963 bits per heavy atom. The summed E-state index contributed by atoms with van der Waals surface area (Å²) in [4.78, 5) is 17.0. The highest BCUT2D eigenvalue weighted by Crippen LogP contribution is 2.21. The molecule has 0 spiro atoms. The number of rotatable bonds is 3. The number of halogens is 1. The average Bonchev–Trinajstić information content (AvgIpc) is 3.10.